The van der Waals surface area contributed by atoms with E-state index in [4.69, 9.17) is 0 Å². The molecule has 0 fully saturated rings. The molecule has 18 heavy (non-hydrogen) atoms. The number of hydrogen-bond donors (Lipinski definition) is 0. The van der Waals surface area contributed by atoms with E-state index >= 15 is 0 Å². The molecule has 104 valence electrons. The second-order valence-corrected chi connectivity index (χ2v) is 6.02. The van der Waals surface area contributed by atoms with Gasteiger partial charge in [-0.3, -0.25) is 0 Å². The molecule has 0 spiro atoms. The molecular formula is C18H32. The standard InChI is InChI=1S/2C9H16/c2*1-3-9(4-2)7-5-6-8-9/h2*5,7H,3-4,6,8H2,1-2H3. The summed E-state index contributed by atoms with van der Waals surface area (Å²) in [6.45, 7) is 9.16. The molecular weight excluding hydrogens is 216 g/mol. The average Bonchev–Trinajstić information content (AvgIpc) is 3.10. The molecule has 0 heteroatoms. The maximum atomic E-state index is 2.41. The highest BCUT2D eigenvalue weighted by Crippen LogP contribution is 2.38. The van der Waals surface area contributed by atoms with Gasteiger partial charge in [0.2, 0.25) is 0 Å². The Labute approximate surface area is 115 Å². The Kier molecular flexibility index (Phi) is 6.18. The maximum absolute atomic E-state index is 2.41. The van der Waals surface area contributed by atoms with Gasteiger partial charge >= 0.3 is 0 Å². The zero-order chi connectivity index (χ0) is 13.5. The monoisotopic (exact) mass is 248 g/mol. The Balaban J connectivity index is 0.000000180. The van der Waals surface area contributed by atoms with Gasteiger partial charge in [-0.15, -0.1) is 0 Å². The highest BCUT2D eigenvalue weighted by Gasteiger charge is 2.25. The first-order valence-electron chi connectivity index (χ1n) is 8.01. The first kappa shape index (κ1) is 15.5. The number of hydrogen-bond acceptors (Lipinski definition) is 0. The van der Waals surface area contributed by atoms with Crippen LogP contribution in [0.1, 0.15) is 79.1 Å². The Bertz CT molecular complexity index is 244. The topological polar surface area (TPSA) is 0 Å². The first-order chi connectivity index (χ1) is 8.66. The van der Waals surface area contributed by atoms with Crippen LogP contribution in [0, 0.1) is 10.8 Å². The van der Waals surface area contributed by atoms with Gasteiger partial charge in [-0.25, -0.2) is 0 Å². The highest BCUT2D eigenvalue weighted by atomic mass is 14.3. The van der Waals surface area contributed by atoms with Gasteiger partial charge < -0.3 is 0 Å². The summed E-state index contributed by atoms with van der Waals surface area (Å²) in [4.78, 5) is 0. The largest absolute Gasteiger partial charge is 0.0879 e. The molecule has 0 amide bonds. The zero-order valence-electron chi connectivity index (χ0n) is 13.0. The van der Waals surface area contributed by atoms with E-state index in [1.54, 1.807) is 0 Å². The first-order valence-corrected chi connectivity index (χ1v) is 8.01. The third-order valence-electron chi connectivity index (χ3n) is 5.38. The minimum absolute atomic E-state index is 0.597. The van der Waals surface area contributed by atoms with Crippen LogP contribution in [0.4, 0.5) is 0 Å². The lowest BCUT2D eigenvalue weighted by molar-refractivity contribution is 0.347. The summed E-state index contributed by atoms with van der Waals surface area (Å²) in [5, 5.41) is 0. The fourth-order valence-electron chi connectivity index (χ4n) is 3.25. The molecule has 0 aromatic rings. The third-order valence-corrected chi connectivity index (χ3v) is 5.38. The molecule has 2 aliphatic rings. The lowest BCUT2D eigenvalue weighted by atomic mass is 9.82. The zero-order valence-corrected chi connectivity index (χ0v) is 13.0. The predicted octanol–water partition coefficient (Wildman–Crippen LogP) is 6.29. The molecule has 0 saturated carbocycles. The van der Waals surface area contributed by atoms with Crippen molar-refractivity contribution >= 4 is 0 Å². The van der Waals surface area contributed by atoms with Gasteiger partial charge in [-0.2, -0.15) is 0 Å². The Hall–Kier alpha value is -0.520. The maximum Gasteiger partial charge on any atom is -0.0121 e. The number of allylic oxidation sites excluding steroid dienone is 4. The van der Waals surface area contributed by atoms with Crippen LogP contribution in [0.3, 0.4) is 0 Å². The summed E-state index contributed by atoms with van der Waals surface area (Å²) in [6, 6.07) is 0. The van der Waals surface area contributed by atoms with E-state index in [0.29, 0.717) is 10.8 Å². The van der Waals surface area contributed by atoms with Crippen molar-refractivity contribution in [3.63, 3.8) is 0 Å². The lowest BCUT2D eigenvalue weighted by Gasteiger charge is -2.22. The van der Waals surface area contributed by atoms with Gasteiger partial charge in [-0.1, -0.05) is 52.0 Å². The SMILES string of the molecule is CCC1(CC)C=CCC1.CCC1(CC)C=CCC1. The second kappa shape index (κ2) is 7.16. The van der Waals surface area contributed by atoms with Crippen molar-refractivity contribution in [1.29, 1.82) is 0 Å². The smallest absolute Gasteiger partial charge is 0.0121 e. The second-order valence-electron chi connectivity index (χ2n) is 6.02. The lowest BCUT2D eigenvalue weighted by Crippen LogP contribution is -2.11. The van der Waals surface area contributed by atoms with Crippen LogP contribution in [-0.4, -0.2) is 0 Å². The molecule has 0 radical (unpaired) electrons. The van der Waals surface area contributed by atoms with Gasteiger partial charge in [0.25, 0.3) is 0 Å². The average molecular weight is 248 g/mol. The normalized spacial score (nSPS) is 22.9. The van der Waals surface area contributed by atoms with E-state index in [9.17, 15) is 0 Å². The van der Waals surface area contributed by atoms with Crippen LogP contribution in [-0.2, 0) is 0 Å². The third kappa shape index (κ3) is 3.73. The van der Waals surface area contributed by atoms with E-state index in [0.717, 1.165) is 0 Å². The minimum Gasteiger partial charge on any atom is -0.0879 e. The molecule has 0 aliphatic heterocycles. The van der Waals surface area contributed by atoms with Crippen molar-refractivity contribution in [3.05, 3.63) is 24.3 Å². The Morgan fingerprint density at radius 2 is 1.00 bits per heavy atom. The van der Waals surface area contributed by atoms with Crippen LogP contribution in [0.25, 0.3) is 0 Å². The fourth-order valence-corrected chi connectivity index (χ4v) is 3.25. The van der Waals surface area contributed by atoms with Crippen molar-refractivity contribution in [3.8, 4) is 0 Å². The number of rotatable bonds is 4. The van der Waals surface area contributed by atoms with Crippen LogP contribution in [0.15, 0.2) is 24.3 Å². The quantitative estimate of drug-likeness (QED) is 0.513. The molecule has 0 unspecified atom stereocenters. The summed E-state index contributed by atoms with van der Waals surface area (Å²) in [5.41, 5.74) is 1.19. The van der Waals surface area contributed by atoms with Gasteiger partial charge in [0.05, 0.1) is 0 Å². The fraction of sp³-hybridized carbons (Fsp3) is 0.778. The highest BCUT2D eigenvalue weighted by molar-refractivity contribution is 5.06. The van der Waals surface area contributed by atoms with Gasteiger partial charge in [-0.05, 0) is 62.2 Å². The molecule has 0 aromatic carbocycles. The summed E-state index contributed by atoms with van der Waals surface area (Å²) in [6.07, 6.45) is 20.1. The van der Waals surface area contributed by atoms with E-state index in [1.165, 1.54) is 51.4 Å². The minimum atomic E-state index is 0.597. The summed E-state index contributed by atoms with van der Waals surface area (Å²) in [5.74, 6) is 0. The van der Waals surface area contributed by atoms with Crippen LogP contribution in [0.5, 0.6) is 0 Å². The van der Waals surface area contributed by atoms with Crippen LogP contribution >= 0.6 is 0 Å². The Morgan fingerprint density at radius 3 is 1.11 bits per heavy atom. The summed E-state index contributed by atoms with van der Waals surface area (Å²) < 4.78 is 0. The van der Waals surface area contributed by atoms with Crippen LogP contribution < -0.4 is 0 Å². The van der Waals surface area contributed by atoms with Crippen molar-refractivity contribution in [2.24, 2.45) is 10.8 Å². The van der Waals surface area contributed by atoms with Gasteiger partial charge in [0.1, 0.15) is 0 Å². The molecule has 0 N–H and O–H groups in total. The van der Waals surface area contributed by atoms with Crippen molar-refractivity contribution in [2.75, 3.05) is 0 Å². The van der Waals surface area contributed by atoms with E-state index in [1.807, 2.05) is 0 Å². The molecule has 2 rings (SSSR count). The van der Waals surface area contributed by atoms with Gasteiger partial charge in [0, 0.05) is 0 Å². The molecule has 0 saturated heterocycles. The molecule has 0 aromatic heterocycles. The molecule has 0 bridgehead atoms. The predicted molar refractivity (Wildman–Crippen MR) is 82.8 cm³/mol. The van der Waals surface area contributed by atoms with Crippen molar-refractivity contribution in [1.82, 2.24) is 0 Å². The van der Waals surface area contributed by atoms with Crippen molar-refractivity contribution < 1.29 is 0 Å². The molecule has 0 nitrogen and oxygen atoms in total. The molecule has 0 atom stereocenters. The van der Waals surface area contributed by atoms with Crippen molar-refractivity contribution in [2.45, 2.75) is 79.1 Å². The van der Waals surface area contributed by atoms with Crippen LogP contribution in [0.2, 0.25) is 0 Å². The molecule has 0 heterocycles. The molecule has 2 aliphatic carbocycles. The summed E-state index contributed by atoms with van der Waals surface area (Å²) >= 11 is 0. The van der Waals surface area contributed by atoms with E-state index in [-0.39, 0.29) is 0 Å². The van der Waals surface area contributed by atoms with E-state index < -0.39 is 0 Å². The Morgan fingerprint density at radius 1 is 0.667 bits per heavy atom. The van der Waals surface area contributed by atoms with E-state index in [2.05, 4.69) is 52.0 Å². The van der Waals surface area contributed by atoms with Gasteiger partial charge in [0.15, 0.2) is 0 Å². The summed E-state index contributed by atoms with van der Waals surface area (Å²) in [7, 11) is 0.